The molecule has 1 aromatic heterocycles. The highest BCUT2D eigenvalue weighted by atomic mass is 32.2. The van der Waals surface area contributed by atoms with Crippen molar-refractivity contribution in [3.05, 3.63) is 36.9 Å². The summed E-state index contributed by atoms with van der Waals surface area (Å²) in [4.78, 5) is 16.1. The third-order valence-corrected chi connectivity index (χ3v) is 5.81. The van der Waals surface area contributed by atoms with Crippen LogP contribution >= 0.6 is 0 Å². The van der Waals surface area contributed by atoms with Gasteiger partial charge in [0.1, 0.15) is 17.2 Å². The number of hydrogen-bond donors (Lipinski definition) is 1. The van der Waals surface area contributed by atoms with Gasteiger partial charge in [0.2, 0.25) is 15.9 Å². The Morgan fingerprint density at radius 3 is 2.58 bits per heavy atom. The van der Waals surface area contributed by atoms with Gasteiger partial charge in [0.05, 0.1) is 12.9 Å². The smallest absolute Gasteiger partial charge is 0.246 e. The number of amides is 1. The molecular formula is C17H24N4O4S. The van der Waals surface area contributed by atoms with Crippen molar-refractivity contribution in [3.63, 3.8) is 0 Å². The van der Waals surface area contributed by atoms with Gasteiger partial charge in [0.25, 0.3) is 0 Å². The minimum absolute atomic E-state index is 0.0449. The van der Waals surface area contributed by atoms with Crippen molar-refractivity contribution in [3.8, 4) is 5.75 Å². The predicted molar refractivity (Wildman–Crippen MR) is 98.6 cm³/mol. The second-order valence-corrected chi connectivity index (χ2v) is 7.37. The molecular weight excluding hydrogens is 356 g/mol. The summed E-state index contributed by atoms with van der Waals surface area (Å²) in [5, 5.41) is 2.71. The van der Waals surface area contributed by atoms with Crippen molar-refractivity contribution in [2.24, 2.45) is 0 Å². The summed E-state index contributed by atoms with van der Waals surface area (Å²) in [7, 11) is -3.72. The van der Waals surface area contributed by atoms with Crippen molar-refractivity contribution in [2.75, 3.05) is 25.0 Å². The highest BCUT2D eigenvalue weighted by Crippen LogP contribution is 2.30. The first-order valence-corrected chi connectivity index (χ1v) is 9.88. The fraction of sp³-hybridized carbons (Fsp3) is 0.412. The molecule has 0 spiro atoms. The Balaban J connectivity index is 2.31. The van der Waals surface area contributed by atoms with Crippen LogP contribution in [0.25, 0.3) is 0 Å². The number of nitrogens with one attached hydrogen (secondary N) is 1. The number of benzene rings is 1. The Bertz CT molecular complexity index is 830. The number of aromatic nitrogens is 2. The third-order valence-electron chi connectivity index (χ3n) is 3.74. The Hall–Kier alpha value is -2.39. The van der Waals surface area contributed by atoms with Crippen LogP contribution in [0.5, 0.6) is 5.75 Å². The summed E-state index contributed by atoms with van der Waals surface area (Å²) in [6.07, 6.45) is 4.79. The van der Waals surface area contributed by atoms with Crippen molar-refractivity contribution >= 4 is 21.6 Å². The van der Waals surface area contributed by atoms with E-state index < -0.39 is 10.0 Å². The van der Waals surface area contributed by atoms with Crippen LogP contribution in [0.4, 0.5) is 5.69 Å². The molecule has 0 saturated heterocycles. The second-order valence-electron chi connectivity index (χ2n) is 5.47. The van der Waals surface area contributed by atoms with E-state index in [0.717, 1.165) is 0 Å². The monoisotopic (exact) mass is 380 g/mol. The Morgan fingerprint density at radius 1 is 1.27 bits per heavy atom. The molecule has 0 aliphatic carbocycles. The van der Waals surface area contributed by atoms with Crippen LogP contribution in [0.15, 0.2) is 41.8 Å². The van der Waals surface area contributed by atoms with Gasteiger partial charge < -0.3 is 14.6 Å². The van der Waals surface area contributed by atoms with Crippen molar-refractivity contribution in [1.29, 1.82) is 0 Å². The van der Waals surface area contributed by atoms with E-state index in [2.05, 4.69) is 10.3 Å². The summed E-state index contributed by atoms with van der Waals surface area (Å²) < 4.78 is 34.3. The van der Waals surface area contributed by atoms with Gasteiger partial charge >= 0.3 is 0 Å². The van der Waals surface area contributed by atoms with E-state index in [4.69, 9.17) is 4.74 Å². The SMILES string of the molecule is CCOc1ccc(NC(=O)Cn2ccnc2)cc1S(=O)(=O)N(CC)CC. The lowest BCUT2D eigenvalue weighted by Crippen LogP contribution is -2.31. The standard InChI is InChI=1S/C17H24N4O4S/c1-4-21(5-2)26(23,24)16-11-14(7-8-15(16)25-6-3)19-17(22)12-20-10-9-18-13-20/h7-11,13H,4-6,12H2,1-3H3,(H,19,22). The molecule has 0 radical (unpaired) electrons. The average Bonchev–Trinajstić information content (AvgIpc) is 3.10. The molecule has 26 heavy (non-hydrogen) atoms. The molecule has 0 bridgehead atoms. The number of carbonyl (C=O) groups excluding carboxylic acids is 1. The molecule has 1 N–H and O–H groups in total. The first kappa shape index (κ1) is 19.9. The fourth-order valence-corrected chi connectivity index (χ4v) is 4.13. The number of carbonyl (C=O) groups is 1. The van der Waals surface area contributed by atoms with Gasteiger partial charge in [-0.05, 0) is 25.1 Å². The fourth-order valence-electron chi connectivity index (χ4n) is 2.51. The number of ether oxygens (including phenoxy) is 1. The molecule has 142 valence electrons. The van der Waals surface area contributed by atoms with Gasteiger partial charge in [0, 0.05) is 31.2 Å². The molecule has 0 aliphatic rings. The Morgan fingerprint density at radius 2 is 2.00 bits per heavy atom. The van der Waals surface area contributed by atoms with Gasteiger partial charge in [-0.25, -0.2) is 13.4 Å². The second kappa shape index (κ2) is 8.81. The zero-order valence-electron chi connectivity index (χ0n) is 15.2. The molecule has 0 unspecified atom stereocenters. The summed E-state index contributed by atoms with van der Waals surface area (Å²) >= 11 is 0. The highest BCUT2D eigenvalue weighted by molar-refractivity contribution is 7.89. The van der Waals surface area contributed by atoms with Crippen molar-refractivity contribution < 1.29 is 17.9 Å². The number of anilines is 1. The minimum Gasteiger partial charge on any atom is -0.492 e. The summed E-state index contributed by atoms with van der Waals surface area (Å²) in [6.45, 7) is 6.46. The molecule has 8 nitrogen and oxygen atoms in total. The van der Waals surface area contributed by atoms with Crippen molar-refractivity contribution in [2.45, 2.75) is 32.2 Å². The zero-order chi connectivity index (χ0) is 19.2. The molecule has 9 heteroatoms. The quantitative estimate of drug-likeness (QED) is 0.718. The maximum Gasteiger partial charge on any atom is 0.246 e. The van der Waals surface area contributed by atoms with Gasteiger partial charge in [-0.2, -0.15) is 4.31 Å². The number of imidazole rings is 1. The molecule has 0 atom stereocenters. The van der Waals surface area contributed by atoms with Gasteiger partial charge in [-0.15, -0.1) is 0 Å². The lowest BCUT2D eigenvalue weighted by atomic mass is 10.3. The number of nitrogens with zero attached hydrogens (tertiary/aromatic N) is 3. The van der Waals surface area contributed by atoms with Crippen molar-refractivity contribution in [1.82, 2.24) is 13.9 Å². The third kappa shape index (κ3) is 4.61. The summed E-state index contributed by atoms with van der Waals surface area (Å²) in [6, 6.07) is 4.62. The van der Waals surface area contributed by atoms with E-state index >= 15 is 0 Å². The maximum absolute atomic E-state index is 12.9. The average molecular weight is 380 g/mol. The van der Waals surface area contributed by atoms with Crippen LogP contribution in [-0.2, 0) is 21.4 Å². The predicted octanol–water partition coefficient (Wildman–Crippen LogP) is 1.95. The normalized spacial score (nSPS) is 11.5. The van der Waals surface area contributed by atoms with Crippen LogP contribution in [0.2, 0.25) is 0 Å². The van der Waals surface area contributed by atoms with E-state index in [1.54, 1.807) is 49.9 Å². The number of sulfonamides is 1. The highest BCUT2D eigenvalue weighted by Gasteiger charge is 2.26. The zero-order valence-corrected chi connectivity index (χ0v) is 16.0. The molecule has 1 amide bonds. The number of rotatable bonds is 9. The van der Waals surface area contributed by atoms with Crippen LogP contribution in [0.1, 0.15) is 20.8 Å². The molecule has 0 saturated carbocycles. The van der Waals surface area contributed by atoms with Crippen LogP contribution < -0.4 is 10.1 Å². The van der Waals surface area contributed by atoms with E-state index in [-0.39, 0.29) is 23.1 Å². The molecule has 2 rings (SSSR count). The van der Waals surface area contributed by atoms with E-state index in [9.17, 15) is 13.2 Å². The van der Waals surface area contributed by atoms with Crippen LogP contribution in [0, 0.1) is 0 Å². The molecule has 1 heterocycles. The van der Waals surface area contributed by atoms with Crippen LogP contribution in [-0.4, -0.2) is 47.9 Å². The Kier molecular flexibility index (Phi) is 6.76. The maximum atomic E-state index is 12.9. The topological polar surface area (TPSA) is 93.5 Å². The molecule has 0 fully saturated rings. The Labute approximate surface area is 153 Å². The van der Waals surface area contributed by atoms with Gasteiger partial charge in [-0.1, -0.05) is 13.8 Å². The minimum atomic E-state index is -3.72. The lowest BCUT2D eigenvalue weighted by molar-refractivity contribution is -0.116. The summed E-state index contributed by atoms with van der Waals surface area (Å²) in [5.41, 5.74) is 0.393. The summed E-state index contributed by atoms with van der Waals surface area (Å²) in [5.74, 6) is -0.00893. The number of hydrogen-bond acceptors (Lipinski definition) is 5. The lowest BCUT2D eigenvalue weighted by Gasteiger charge is -2.21. The first-order valence-electron chi connectivity index (χ1n) is 8.44. The van der Waals surface area contributed by atoms with E-state index in [1.807, 2.05) is 0 Å². The van der Waals surface area contributed by atoms with Gasteiger partial charge in [0.15, 0.2) is 0 Å². The molecule has 0 aliphatic heterocycles. The first-order chi connectivity index (χ1) is 12.4. The van der Waals surface area contributed by atoms with E-state index in [0.29, 0.717) is 25.4 Å². The molecule has 1 aromatic carbocycles. The largest absolute Gasteiger partial charge is 0.492 e. The van der Waals surface area contributed by atoms with E-state index in [1.165, 1.54) is 16.7 Å². The van der Waals surface area contributed by atoms with Gasteiger partial charge in [-0.3, -0.25) is 4.79 Å². The van der Waals surface area contributed by atoms with Crippen LogP contribution in [0.3, 0.4) is 0 Å². The molecule has 2 aromatic rings.